The van der Waals surface area contributed by atoms with Crippen LogP contribution in [0, 0.1) is 12.3 Å². The Kier molecular flexibility index (Phi) is 7.68. The molecule has 4 N–H and O–H groups in total. The molecule has 2 unspecified atom stereocenters. The quantitative estimate of drug-likeness (QED) is 0.0900. The average Bonchev–Trinajstić information content (AvgIpc) is 3.41. The van der Waals surface area contributed by atoms with Crippen molar-refractivity contribution in [3.63, 3.8) is 0 Å². The molecule has 2 aromatic rings. The summed E-state index contributed by atoms with van der Waals surface area (Å²) in [5.41, 5.74) is 5.72. The molecule has 36 heavy (non-hydrogen) atoms. The number of nitrogens with zero attached hydrogens (tertiary/aromatic N) is 7. The molecule has 14 nitrogen and oxygen atoms in total. The Balaban J connectivity index is 1.51. The summed E-state index contributed by atoms with van der Waals surface area (Å²) in [5.74, 6) is 0.146. The maximum Gasteiger partial charge on any atom is 0.352 e. The molecule has 4 heterocycles. The van der Waals surface area contributed by atoms with Crippen molar-refractivity contribution in [3.8, 4) is 12.3 Å². The lowest BCUT2D eigenvalue weighted by Gasteiger charge is -2.49. The van der Waals surface area contributed by atoms with Crippen molar-refractivity contribution in [3.05, 3.63) is 21.3 Å². The van der Waals surface area contributed by atoms with Gasteiger partial charge in [-0.1, -0.05) is 45.8 Å². The summed E-state index contributed by atoms with van der Waals surface area (Å²) < 4.78 is 1.55. The zero-order chi connectivity index (χ0) is 26.0. The first-order valence-electron chi connectivity index (χ1n) is 9.84. The van der Waals surface area contributed by atoms with Crippen LogP contribution in [-0.4, -0.2) is 88.2 Å². The van der Waals surface area contributed by atoms with Crippen molar-refractivity contribution in [1.82, 2.24) is 35.4 Å². The minimum absolute atomic E-state index is 0.0303. The van der Waals surface area contributed by atoms with Gasteiger partial charge in [-0.15, -0.1) is 23.3 Å². The van der Waals surface area contributed by atoms with Crippen LogP contribution in [0.3, 0.4) is 0 Å². The van der Waals surface area contributed by atoms with E-state index in [1.807, 2.05) is 0 Å². The molecule has 2 amide bonds. The van der Waals surface area contributed by atoms with Crippen LogP contribution in [0.15, 0.2) is 21.6 Å². The van der Waals surface area contributed by atoms with E-state index in [0.717, 1.165) is 16.2 Å². The van der Waals surface area contributed by atoms with Gasteiger partial charge in [0.05, 0.1) is 0 Å². The third-order valence-electron chi connectivity index (χ3n) is 4.84. The number of aryl methyl sites for hydroxylation is 1. The van der Waals surface area contributed by atoms with Crippen LogP contribution in [-0.2, 0) is 26.3 Å². The Morgan fingerprint density at radius 3 is 2.89 bits per heavy atom. The van der Waals surface area contributed by atoms with Gasteiger partial charge in [0.2, 0.25) is 5.16 Å². The van der Waals surface area contributed by atoms with Crippen molar-refractivity contribution >= 4 is 75.1 Å². The van der Waals surface area contributed by atoms with E-state index in [9.17, 15) is 19.5 Å². The number of carbonyl (C=O) groups is 3. The number of hydrogen-bond acceptors (Lipinski definition) is 13. The van der Waals surface area contributed by atoms with Crippen LogP contribution < -0.4 is 11.1 Å². The molecule has 18 heteroatoms. The van der Waals surface area contributed by atoms with Crippen molar-refractivity contribution in [2.75, 3.05) is 23.8 Å². The molecule has 0 aromatic carbocycles. The number of fused-ring (bicyclic) bond motifs is 1. The van der Waals surface area contributed by atoms with Crippen LogP contribution >= 0.6 is 46.5 Å². The van der Waals surface area contributed by atoms with Gasteiger partial charge in [-0.2, -0.15) is 0 Å². The minimum Gasteiger partial charge on any atom is -0.477 e. The molecule has 2 aliphatic heterocycles. The lowest BCUT2D eigenvalue weighted by Crippen LogP contribution is -2.71. The SMILES string of the molecule is C#CCO/N=C(/C(=O)NC1C(=O)N2C(C(=O)O)=C(CSc3nnnn3C)CSC12)c1nc(N)sc1Cl. The number of thioether (sulfide) groups is 2. The molecule has 0 radical (unpaired) electrons. The second-order valence-corrected chi connectivity index (χ2v) is 10.8. The summed E-state index contributed by atoms with van der Waals surface area (Å²) in [5, 5.41) is 27.2. The number of terminal acetylenes is 1. The summed E-state index contributed by atoms with van der Waals surface area (Å²) in [6.45, 7) is -0.222. The zero-order valence-electron chi connectivity index (χ0n) is 18.2. The Bertz CT molecular complexity index is 1330. The molecule has 2 aliphatic rings. The van der Waals surface area contributed by atoms with Gasteiger partial charge in [0.25, 0.3) is 11.8 Å². The number of carbonyl (C=O) groups excluding carboxylic acids is 2. The van der Waals surface area contributed by atoms with E-state index in [1.54, 1.807) is 7.05 Å². The van der Waals surface area contributed by atoms with Gasteiger partial charge in [-0.3, -0.25) is 14.5 Å². The maximum absolute atomic E-state index is 13.0. The largest absolute Gasteiger partial charge is 0.477 e. The topological polar surface area (TPSA) is 191 Å². The van der Waals surface area contributed by atoms with Gasteiger partial charge in [0, 0.05) is 18.6 Å². The van der Waals surface area contributed by atoms with E-state index in [-0.39, 0.29) is 38.9 Å². The highest BCUT2D eigenvalue weighted by molar-refractivity contribution is 8.01. The monoisotopic (exact) mass is 569 g/mol. The molecule has 0 aliphatic carbocycles. The average molecular weight is 570 g/mol. The Labute approximate surface area is 220 Å². The number of aromatic nitrogens is 5. The van der Waals surface area contributed by atoms with E-state index in [2.05, 4.69) is 36.9 Å². The highest BCUT2D eigenvalue weighted by Gasteiger charge is 2.54. The molecular weight excluding hydrogens is 554 g/mol. The number of anilines is 1. The minimum atomic E-state index is -1.25. The standard InChI is InChI=1S/C18H16ClN9O5S3/c1-3-4-33-24-9(8-12(19)36-17(20)22-8)13(29)21-10-14(30)28-11(16(31)32)7(5-34-15(10)28)6-35-18-23-25-26-27(18)2/h1,10,15H,4-6H2,2H3,(H2,20,22)(H,21,29)(H,31,32)/b24-9+. The van der Waals surface area contributed by atoms with Gasteiger partial charge in [-0.05, 0) is 16.0 Å². The summed E-state index contributed by atoms with van der Waals surface area (Å²) in [7, 11) is 1.66. The van der Waals surface area contributed by atoms with Crippen molar-refractivity contribution in [2.45, 2.75) is 16.6 Å². The summed E-state index contributed by atoms with van der Waals surface area (Å²) in [6, 6.07) is -1.01. The second kappa shape index (κ2) is 10.7. The number of amides is 2. The fourth-order valence-corrected chi connectivity index (χ4v) is 6.55. The number of rotatable bonds is 9. The Morgan fingerprint density at radius 1 is 1.50 bits per heavy atom. The predicted octanol–water partition coefficient (Wildman–Crippen LogP) is -0.213. The van der Waals surface area contributed by atoms with Crippen molar-refractivity contribution < 1.29 is 24.3 Å². The number of β-lactam (4-membered cyclic amide) rings is 1. The number of halogens is 1. The highest BCUT2D eigenvalue weighted by atomic mass is 35.5. The third kappa shape index (κ3) is 4.97. The van der Waals surface area contributed by atoms with Gasteiger partial charge >= 0.3 is 5.97 Å². The molecule has 0 saturated carbocycles. The molecule has 0 spiro atoms. The summed E-state index contributed by atoms with van der Waals surface area (Å²) in [4.78, 5) is 48.1. The van der Waals surface area contributed by atoms with E-state index in [1.165, 1.54) is 28.2 Å². The van der Waals surface area contributed by atoms with Crippen LogP contribution in [0.1, 0.15) is 5.69 Å². The molecular formula is C18H16ClN9O5S3. The number of nitrogen functional groups attached to an aromatic ring is 1. The van der Waals surface area contributed by atoms with Gasteiger partial charge < -0.3 is 21.0 Å². The number of nitrogens with two attached hydrogens (primary N) is 1. The maximum atomic E-state index is 13.0. The third-order valence-corrected chi connectivity index (χ3v) is 8.36. The number of carboxylic acid groups (broad SMARTS) is 1. The number of tetrazole rings is 1. The summed E-state index contributed by atoms with van der Waals surface area (Å²) >= 11 is 9.61. The number of aliphatic carboxylic acids is 1. The molecule has 0 bridgehead atoms. The number of nitrogens with one attached hydrogen (secondary N) is 1. The number of thiazole rings is 1. The molecule has 188 valence electrons. The molecule has 4 rings (SSSR count). The van der Waals surface area contributed by atoms with Crippen molar-refractivity contribution in [1.29, 1.82) is 0 Å². The van der Waals surface area contributed by atoms with Gasteiger partial charge in [0.15, 0.2) is 17.5 Å². The van der Waals surface area contributed by atoms with E-state index < -0.39 is 29.2 Å². The lowest BCUT2D eigenvalue weighted by molar-refractivity contribution is -0.150. The number of oxime groups is 1. The Hall–Kier alpha value is -3.33. The highest BCUT2D eigenvalue weighted by Crippen LogP contribution is 2.41. The summed E-state index contributed by atoms with van der Waals surface area (Å²) in [6.07, 6.45) is 5.15. The van der Waals surface area contributed by atoms with Gasteiger partial charge in [-0.25, -0.2) is 14.5 Å². The van der Waals surface area contributed by atoms with Crippen LogP contribution in [0.25, 0.3) is 0 Å². The van der Waals surface area contributed by atoms with E-state index in [0.29, 0.717) is 16.5 Å². The second-order valence-electron chi connectivity index (χ2n) is 7.08. The number of hydrogen-bond donors (Lipinski definition) is 3. The normalized spacial score (nSPS) is 19.4. The smallest absolute Gasteiger partial charge is 0.352 e. The van der Waals surface area contributed by atoms with Crippen LogP contribution in [0.4, 0.5) is 5.13 Å². The zero-order valence-corrected chi connectivity index (χ0v) is 21.4. The molecule has 2 aromatic heterocycles. The lowest BCUT2D eigenvalue weighted by atomic mass is 10.0. The molecule has 1 saturated heterocycles. The van der Waals surface area contributed by atoms with E-state index >= 15 is 0 Å². The van der Waals surface area contributed by atoms with Crippen LogP contribution in [0.5, 0.6) is 0 Å². The first-order chi connectivity index (χ1) is 17.2. The Morgan fingerprint density at radius 2 is 2.28 bits per heavy atom. The first-order valence-corrected chi connectivity index (χ1v) is 13.1. The predicted molar refractivity (Wildman–Crippen MR) is 132 cm³/mol. The fraction of sp³-hybridized carbons (Fsp3) is 0.333. The van der Waals surface area contributed by atoms with Gasteiger partial charge in [0.1, 0.15) is 27.1 Å². The fourth-order valence-electron chi connectivity index (χ4n) is 3.29. The number of carboxylic acids is 1. The van der Waals surface area contributed by atoms with Crippen molar-refractivity contribution in [2.24, 2.45) is 12.2 Å². The van der Waals surface area contributed by atoms with E-state index in [4.69, 9.17) is 28.6 Å². The first kappa shape index (κ1) is 25.8. The molecule has 2 atom stereocenters. The molecule has 1 fully saturated rings. The van der Waals surface area contributed by atoms with Crippen LogP contribution in [0.2, 0.25) is 4.34 Å².